The van der Waals surface area contributed by atoms with E-state index >= 15 is 0 Å². The van der Waals surface area contributed by atoms with Gasteiger partial charge in [0.15, 0.2) is 6.10 Å². The van der Waals surface area contributed by atoms with Crippen LogP contribution in [-0.2, 0) is 14.4 Å². The Hall–Kier alpha value is -2.57. The van der Waals surface area contributed by atoms with E-state index < -0.39 is 12.1 Å². The van der Waals surface area contributed by atoms with Gasteiger partial charge in [-0.25, -0.2) is 0 Å². The van der Waals surface area contributed by atoms with Crippen LogP contribution in [0.3, 0.4) is 0 Å². The first-order valence-electron chi connectivity index (χ1n) is 7.02. The van der Waals surface area contributed by atoms with Gasteiger partial charge < -0.3 is 20.1 Å². The zero-order valence-electron chi connectivity index (χ0n) is 12.5. The molecule has 1 aliphatic heterocycles. The Morgan fingerprint density at radius 2 is 2.09 bits per heavy atom. The summed E-state index contributed by atoms with van der Waals surface area (Å²) in [5, 5.41) is 11.2. The van der Waals surface area contributed by atoms with Crippen LogP contribution in [0.15, 0.2) is 18.2 Å². The lowest BCUT2D eigenvalue weighted by Gasteiger charge is -2.31. The molecule has 22 heavy (non-hydrogen) atoms. The maximum Gasteiger partial charge on any atom is 0.303 e. The molecule has 2 N–H and O–H groups in total. The van der Waals surface area contributed by atoms with Crippen LogP contribution < -0.4 is 15.0 Å². The first kappa shape index (κ1) is 15.8. The Kier molecular flexibility index (Phi) is 4.65. The number of likely N-dealkylation sites (N-methyl/N-ethyl adjacent to an activating group) is 1. The maximum absolute atomic E-state index is 12.1. The van der Waals surface area contributed by atoms with E-state index in [1.807, 2.05) is 6.92 Å². The second-order valence-corrected chi connectivity index (χ2v) is 5.04. The molecule has 0 radical (unpaired) electrons. The minimum atomic E-state index is -1.02. The summed E-state index contributed by atoms with van der Waals surface area (Å²) in [5.41, 5.74) is 1.07. The Balaban J connectivity index is 2.13. The Labute approximate surface area is 127 Å². The van der Waals surface area contributed by atoms with Gasteiger partial charge in [0.2, 0.25) is 5.91 Å². The highest BCUT2D eigenvalue weighted by atomic mass is 16.5. The number of anilines is 2. The van der Waals surface area contributed by atoms with Gasteiger partial charge in [-0.1, -0.05) is 6.92 Å². The second kappa shape index (κ2) is 6.46. The van der Waals surface area contributed by atoms with E-state index in [1.54, 1.807) is 25.2 Å². The number of amides is 2. The summed E-state index contributed by atoms with van der Waals surface area (Å²) < 4.78 is 5.62. The van der Waals surface area contributed by atoms with E-state index in [1.165, 1.54) is 4.90 Å². The van der Waals surface area contributed by atoms with Gasteiger partial charge in [-0.2, -0.15) is 0 Å². The standard InChI is InChI=1S/C15H18N2O5/c1-3-11-15(21)17(2)10-8-9(4-5-12(10)22-11)16-13(18)6-7-14(19)20/h4-5,8,11H,3,6-7H2,1-2H3,(H,16,18)(H,19,20). The molecule has 0 aromatic heterocycles. The van der Waals surface area contributed by atoms with Crippen molar-refractivity contribution in [2.45, 2.75) is 32.3 Å². The van der Waals surface area contributed by atoms with E-state index in [2.05, 4.69) is 5.32 Å². The summed E-state index contributed by atoms with van der Waals surface area (Å²) in [6, 6.07) is 4.99. The molecular weight excluding hydrogens is 288 g/mol. The molecular formula is C15H18N2O5. The average molecular weight is 306 g/mol. The van der Waals surface area contributed by atoms with E-state index in [0.717, 1.165) is 0 Å². The second-order valence-electron chi connectivity index (χ2n) is 5.04. The molecule has 2 amide bonds. The number of nitrogens with zero attached hydrogens (tertiary/aromatic N) is 1. The molecule has 2 rings (SSSR count). The number of benzene rings is 1. The number of hydrogen-bond acceptors (Lipinski definition) is 4. The number of carboxylic acid groups (broad SMARTS) is 1. The molecule has 1 heterocycles. The topological polar surface area (TPSA) is 95.9 Å². The minimum Gasteiger partial charge on any atom is -0.481 e. The maximum atomic E-state index is 12.1. The lowest BCUT2D eigenvalue weighted by Crippen LogP contribution is -2.43. The highest BCUT2D eigenvalue weighted by molar-refractivity contribution is 6.01. The largest absolute Gasteiger partial charge is 0.481 e. The summed E-state index contributed by atoms with van der Waals surface area (Å²) in [5.74, 6) is -0.966. The third-order valence-electron chi connectivity index (χ3n) is 3.42. The fourth-order valence-electron chi connectivity index (χ4n) is 2.20. The van der Waals surface area contributed by atoms with Crippen molar-refractivity contribution in [2.75, 3.05) is 17.3 Å². The van der Waals surface area contributed by atoms with E-state index in [9.17, 15) is 14.4 Å². The molecule has 1 aliphatic rings. The van der Waals surface area contributed by atoms with Gasteiger partial charge in [-0.15, -0.1) is 0 Å². The molecule has 1 atom stereocenters. The zero-order valence-corrected chi connectivity index (χ0v) is 12.5. The number of hydrogen-bond donors (Lipinski definition) is 2. The molecule has 0 spiro atoms. The van der Waals surface area contributed by atoms with Gasteiger partial charge in [0.25, 0.3) is 5.91 Å². The Morgan fingerprint density at radius 3 is 2.73 bits per heavy atom. The molecule has 0 saturated carbocycles. The highest BCUT2D eigenvalue weighted by Gasteiger charge is 2.31. The average Bonchev–Trinajstić information content (AvgIpc) is 2.49. The number of carbonyl (C=O) groups is 3. The minimum absolute atomic E-state index is 0.102. The van der Waals surface area contributed by atoms with Crippen molar-refractivity contribution in [3.05, 3.63) is 18.2 Å². The van der Waals surface area contributed by atoms with Gasteiger partial charge in [0.1, 0.15) is 5.75 Å². The predicted octanol–water partition coefficient (Wildman–Crippen LogP) is 1.62. The van der Waals surface area contributed by atoms with Crippen LogP contribution in [0.2, 0.25) is 0 Å². The van der Waals surface area contributed by atoms with Crippen molar-refractivity contribution in [2.24, 2.45) is 0 Å². The Morgan fingerprint density at radius 1 is 1.36 bits per heavy atom. The van der Waals surface area contributed by atoms with Crippen LogP contribution in [0, 0.1) is 0 Å². The van der Waals surface area contributed by atoms with Gasteiger partial charge in [0, 0.05) is 19.2 Å². The molecule has 0 saturated heterocycles. The van der Waals surface area contributed by atoms with Crippen molar-refractivity contribution in [1.29, 1.82) is 0 Å². The molecule has 0 bridgehead atoms. The third-order valence-corrected chi connectivity index (χ3v) is 3.42. The van der Waals surface area contributed by atoms with Crippen molar-refractivity contribution < 1.29 is 24.2 Å². The first-order chi connectivity index (χ1) is 10.4. The molecule has 7 nitrogen and oxygen atoms in total. The summed E-state index contributed by atoms with van der Waals surface area (Å²) in [4.78, 5) is 35.7. The lowest BCUT2D eigenvalue weighted by atomic mass is 10.1. The predicted molar refractivity (Wildman–Crippen MR) is 80.1 cm³/mol. The van der Waals surface area contributed by atoms with Gasteiger partial charge >= 0.3 is 5.97 Å². The lowest BCUT2D eigenvalue weighted by molar-refractivity contribution is -0.138. The fourth-order valence-corrected chi connectivity index (χ4v) is 2.20. The van der Waals surface area contributed by atoms with Gasteiger partial charge in [-0.05, 0) is 24.6 Å². The van der Waals surface area contributed by atoms with Crippen LogP contribution in [0.5, 0.6) is 5.75 Å². The fraction of sp³-hybridized carbons (Fsp3) is 0.400. The van der Waals surface area contributed by atoms with Gasteiger partial charge in [-0.3, -0.25) is 14.4 Å². The van der Waals surface area contributed by atoms with Crippen molar-refractivity contribution in [1.82, 2.24) is 0 Å². The molecule has 118 valence electrons. The summed E-state index contributed by atoms with van der Waals surface area (Å²) in [6.45, 7) is 1.87. The summed E-state index contributed by atoms with van der Waals surface area (Å²) in [6.07, 6.45) is -0.240. The first-order valence-corrected chi connectivity index (χ1v) is 7.02. The molecule has 0 aliphatic carbocycles. The van der Waals surface area contributed by atoms with Crippen molar-refractivity contribution in [3.63, 3.8) is 0 Å². The smallest absolute Gasteiger partial charge is 0.303 e. The van der Waals surface area contributed by atoms with Crippen LogP contribution in [-0.4, -0.2) is 36.0 Å². The number of fused-ring (bicyclic) bond motifs is 1. The molecule has 1 unspecified atom stereocenters. The van der Waals surface area contributed by atoms with Gasteiger partial charge in [0.05, 0.1) is 12.1 Å². The summed E-state index contributed by atoms with van der Waals surface area (Å²) >= 11 is 0. The number of carboxylic acids is 1. The quantitative estimate of drug-likeness (QED) is 0.862. The monoisotopic (exact) mass is 306 g/mol. The van der Waals surface area contributed by atoms with E-state index in [4.69, 9.17) is 9.84 Å². The van der Waals surface area contributed by atoms with E-state index in [-0.39, 0.29) is 24.7 Å². The van der Waals surface area contributed by atoms with Crippen LogP contribution in [0.1, 0.15) is 26.2 Å². The van der Waals surface area contributed by atoms with Crippen molar-refractivity contribution in [3.8, 4) is 5.75 Å². The summed E-state index contributed by atoms with van der Waals surface area (Å²) in [7, 11) is 1.66. The number of nitrogens with one attached hydrogen (secondary N) is 1. The van der Waals surface area contributed by atoms with E-state index in [0.29, 0.717) is 23.5 Å². The highest BCUT2D eigenvalue weighted by Crippen LogP contribution is 2.36. The molecule has 0 fully saturated rings. The third kappa shape index (κ3) is 3.36. The number of rotatable bonds is 5. The number of carbonyl (C=O) groups excluding carboxylic acids is 2. The molecule has 1 aromatic rings. The SMILES string of the molecule is CCC1Oc2ccc(NC(=O)CCC(=O)O)cc2N(C)C1=O. The Bertz CT molecular complexity index is 614. The van der Waals surface area contributed by atoms with Crippen LogP contribution >= 0.6 is 0 Å². The van der Waals surface area contributed by atoms with Crippen LogP contribution in [0.4, 0.5) is 11.4 Å². The number of aliphatic carboxylic acids is 1. The number of ether oxygens (including phenoxy) is 1. The van der Waals surface area contributed by atoms with Crippen molar-refractivity contribution >= 4 is 29.2 Å². The molecule has 1 aromatic carbocycles. The zero-order chi connectivity index (χ0) is 16.3. The molecule has 7 heteroatoms. The normalized spacial score (nSPS) is 16.7. The van der Waals surface area contributed by atoms with Crippen LogP contribution in [0.25, 0.3) is 0 Å².